The maximum absolute atomic E-state index is 12.1. The van der Waals surface area contributed by atoms with Crippen LogP contribution in [0, 0.1) is 5.92 Å². The van der Waals surface area contributed by atoms with E-state index in [1.807, 2.05) is 27.7 Å². The lowest BCUT2D eigenvalue weighted by Crippen LogP contribution is -2.40. The Morgan fingerprint density at radius 1 is 1.19 bits per heavy atom. The van der Waals surface area contributed by atoms with Crippen LogP contribution in [0.1, 0.15) is 34.1 Å². The number of rotatable bonds is 8. The number of nitrogens with two attached hydrogens (primary N) is 1. The predicted molar refractivity (Wildman–Crippen MR) is 84.8 cm³/mol. The molecule has 2 atom stereocenters. The molecule has 0 heterocycles. The van der Waals surface area contributed by atoms with Crippen molar-refractivity contribution in [1.82, 2.24) is 0 Å². The lowest BCUT2D eigenvalue weighted by atomic mass is 9.99. The first kappa shape index (κ1) is 17.3. The summed E-state index contributed by atoms with van der Waals surface area (Å²) < 4.78 is 11.0. The second kappa shape index (κ2) is 8.52. The van der Waals surface area contributed by atoms with Gasteiger partial charge in [-0.25, -0.2) is 0 Å². The first-order valence-corrected chi connectivity index (χ1v) is 7.49. The van der Waals surface area contributed by atoms with Gasteiger partial charge in [0.2, 0.25) is 5.91 Å². The van der Waals surface area contributed by atoms with Gasteiger partial charge in [-0.2, -0.15) is 0 Å². The molecule has 118 valence electrons. The number of amides is 1. The van der Waals surface area contributed by atoms with Gasteiger partial charge in [0, 0.05) is 11.8 Å². The second-order valence-corrected chi connectivity index (χ2v) is 4.93. The van der Waals surface area contributed by atoms with Gasteiger partial charge in [-0.1, -0.05) is 20.3 Å². The van der Waals surface area contributed by atoms with Crippen molar-refractivity contribution in [1.29, 1.82) is 0 Å². The van der Waals surface area contributed by atoms with Crippen LogP contribution in [-0.2, 0) is 4.79 Å². The van der Waals surface area contributed by atoms with Crippen LogP contribution in [0.3, 0.4) is 0 Å². The van der Waals surface area contributed by atoms with Gasteiger partial charge in [-0.05, 0) is 31.9 Å². The van der Waals surface area contributed by atoms with Crippen LogP contribution < -0.4 is 20.5 Å². The molecule has 0 aromatic heterocycles. The molecule has 0 spiro atoms. The van der Waals surface area contributed by atoms with E-state index in [1.54, 1.807) is 18.2 Å². The third-order valence-corrected chi connectivity index (χ3v) is 3.37. The highest BCUT2D eigenvalue weighted by molar-refractivity contribution is 5.95. The van der Waals surface area contributed by atoms with Gasteiger partial charge < -0.3 is 20.5 Å². The molecular weight excluding hydrogens is 268 g/mol. The Hall–Kier alpha value is -1.75. The van der Waals surface area contributed by atoms with Crippen molar-refractivity contribution >= 4 is 11.6 Å². The maximum Gasteiger partial charge on any atom is 0.241 e. The van der Waals surface area contributed by atoms with Gasteiger partial charge in [0.05, 0.1) is 19.3 Å². The molecule has 0 bridgehead atoms. The summed E-state index contributed by atoms with van der Waals surface area (Å²) in [4.78, 5) is 12.1. The van der Waals surface area contributed by atoms with Crippen LogP contribution in [0.4, 0.5) is 5.69 Å². The molecule has 1 aromatic rings. The smallest absolute Gasteiger partial charge is 0.241 e. The van der Waals surface area contributed by atoms with Gasteiger partial charge in [0.1, 0.15) is 0 Å². The molecule has 0 radical (unpaired) electrons. The Morgan fingerprint density at radius 3 is 2.38 bits per heavy atom. The molecule has 0 aliphatic carbocycles. The fourth-order valence-corrected chi connectivity index (χ4v) is 1.87. The Morgan fingerprint density at radius 2 is 1.81 bits per heavy atom. The third kappa shape index (κ3) is 4.93. The van der Waals surface area contributed by atoms with Crippen molar-refractivity contribution in [2.45, 2.75) is 40.2 Å². The molecule has 3 N–H and O–H groups in total. The van der Waals surface area contributed by atoms with Gasteiger partial charge in [0.15, 0.2) is 11.5 Å². The summed E-state index contributed by atoms with van der Waals surface area (Å²) in [6.07, 6.45) is 0.863. The standard InChI is InChI=1S/C16H26N2O3/c1-5-11(4)15(17)16(19)18-12-8-9-13(20-6-2)14(10-12)21-7-3/h8-11,15H,5-7,17H2,1-4H3,(H,18,19). The average Bonchev–Trinajstić information content (AvgIpc) is 2.48. The van der Waals surface area contributed by atoms with E-state index in [9.17, 15) is 4.79 Å². The van der Waals surface area contributed by atoms with E-state index in [2.05, 4.69) is 5.32 Å². The molecule has 0 saturated heterocycles. The molecule has 0 saturated carbocycles. The van der Waals surface area contributed by atoms with Gasteiger partial charge in [0.25, 0.3) is 0 Å². The van der Waals surface area contributed by atoms with Crippen molar-refractivity contribution in [2.24, 2.45) is 11.7 Å². The molecule has 5 nitrogen and oxygen atoms in total. The Bertz CT molecular complexity index is 463. The minimum Gasteiger partial charge on any atom is -0.490 e. The third-order valence-electron chi connectivity index (χ3n) is 3.37. The van der Waals surface area contributed by atoms with Crippen molar-refractivity contribution in [2.75, 3.05) is 18.5 Å². The highest BCUT2D eigenvalue weighted by atomic mass is 16.5. The van der Waals surface area contributed by atoms with E-state index >= 15 is 0 Å². The monoisotopic (exact) mass is 294 g/mol. The zero-order valence-corrected chi connectivity index (χ0v) is 13.3. The highest BCUT2D eigenvalue weighted by Crippen LogP contribution is 2.30. The molecule has 5 heteroatoms. The summed E-state index contributed by atoms with van der Waals surface area (Å²) in [6.45, 7) is 8.89. The summed E-state index contributed by atoms with van der Waals surface area (Å²) in [5.41, 5.74) is 6.58. The van der Waals surface area contributed by atoms with Crippen LogP contribution in [-0.4, -0.2) is 25.2 Å². The Labute approximate surface area is 126 Å². The molecule has 1 rings (SSSR count). The number of ether oxygens (including phenoxy) is 2. The summed E-state index contributed by atoms with van der Waals surface area (Å²) >= 11 is 0. The first-order valence-electron chi connectivity index (χ1n) is 7.49. The van der Waals surface area contributed by atoms with E-state index in [0.717, 1.165) is 6.42 Å². The quantitative estimate of drug-likeness (QED) is 0.773. The average molecular weight is 294 g/mol. The van der Waals surface area contributed by atoms with Crippen LogP contribution in [0.15, 0.2) is 18.2 Å². The van der Waals surface area contributed by atoms with Crippen molar-refractivity contribution < 1.29 is 14.3 Å². The van der Waals surface area contributed by atoms with Crippen molar-refractivity contribution in [3.8, 4) is 11.5 Å². The minimum atomic E-state index is -0.517. The number of hydrogen-bond acceptors (Lipinski definition) is 4. The van der Waals surface area contributed by atoms with E-state index in [0.29, 0.717) is 30.4 Å². The van der Waals surface area contributed by atoms with Crippen LogP contribution in [0.25, 0.3) is 0 Å². The fourth-order valence-electron chi connectivity index (χ4n) is 1.87. The number of anilines is 1. The first-order chi connectivity index (χ1) is 10.0. The summed E-state index contributed by atoms with van der Waals surface area (Å²) in [5, 5.41) is 2.83. The largest absolute Gasteiger partial charge is 0.490 e. The van der Waals surface area contributed by atoms with Gasteiger partial charge in [-0.15, -0.1) is 0 Å². The molecule has 21 heavy (non-hydrogen) atoms. The molecule has 1 aromatic carbocycles. The van der Waals surface area contributed by atoms with E-state index < -0.39 is 6.04 Å². The lowest BCUT2D eigenvalue weighted by Gasteiger charge is -2.18. The van der Waals surface area contributed by atoms with Crippen molar-refractivity contribution in [3.63, 3.8) is 0 Å². The molecule has 0 aliphatic heterocycles. The Balaban J connectivity index is 2.84. The normalized spacial score (nSPS) is 13.4. The zero-order chi connectivity index (χ0) is 15.8. The number of carbonyl (C=O) groups excluding carboxylic acids is 1. The summed E-state index contributed by atoms with van der Waals surface area (Å²) in [6, 6.07) is 4.82. The van der Waals surface area contributed by atoms with Crippen molar-refractivity contribution in [3.05, 3.63) is 18.2 Å². The topological polar surface area (TPSA) is 73.6 Å². The fraction of sp³-hybridized carbons (Fsp3) is 0.562. The molecule has 0 fully saturated rings. The predicted octanol–water partition coefficient (Wildman–Crippen LogP) is 2.80. The number of hydrogen-bond donors (Lipinski definition) is 2. The van der Waals surface area contributed by atoms with Gasteiger partial charge in [-0.3, -0.25) is 4.79 Å². The molecular formula is C16H26N2O3. The van der Waals surface area contributed by atoms with E-state index in [4.69, 9.17) is 15.2 Å². The summed E-state index contributed by atoms with van der Waals surface area (Å²) in [7, 11) is 0. The number of benzene rings is 1. The highest BCUT2D eigenvalue weighted by Gasteiger charge is 2.19. The van der Waals surface area contributed by atoms with Crippen LogP contribution in [0.5, 0.6) is 11.5 Å². The minimum absolute atomic E-state index is 0.138. The lowest BCUT2D eigenvalue weighted by molar-refractivity contribution is -0.118. The van der Waals surface area contributed by atoms with E-state index in [1.165, 1.54) is 0 Å². The Kier molecular flexibility index (Phi) is 7.02. The van der Waals surface area contributed by atoms with Gasteiger partial charge >= 0.3 is 0 Å². The SMILES string of the molecule is CCOc1ccc(NC(=O)C(N)C(C)CC)cc1OCC. The zero-order valence-electron chi connectivity index (χ0n) is 13.3. The van der Waals surface area contributed by atoms with E-state index in [-0.39, 0.29) is 11.8 Å². The second-order valence-electron chi connectivity index (χ2n) is 4.93. The van der Waals surface area contributed by atoms with Crippen LogP contribution >= 0.6 is 0 Å². The maximum atomic E-state index is 12.1. The molecule has 1 amide bonds. The molecule has 0 aliphatic rings. The summed E-state index contributed by atoms with van der Waals surface area (Å²) in [5.74, 6) is 1.24. The molecule has 2 unspecified atom stereocenters. The van der Waals surface area contributed by atoms with Crippen LogP contribution in [0.2, 0.25) is 0 Å². The number of nitrogens with one attached hydrogen (secondary N) is 1. The number of carbonyl (C=O) groups is 1.